The van der Waals surface area contributed by atoms with Crippen molar-refractivity contribution in [3.05, 3.63) is 65.7 Å². The van der Waals surface area contributed by atoms with Gasteiger partial charge in [-0.3, -0.25) is 4.79 Å². The van der Waals surface area contributed by atoms with E-state index in [0.29, 0.717) is 24.4 Å². The molecule has 0 bridgehead atoms. The Kier molecular flexibility index (Phi) is 6.19. The summed E-state index contributed by atoms with van der Waals surface area (Å²) in [6, 6.07) is 18.9. The topological polar surface area (TPSA) is 53.3 Å². The molecule has 2 aromatic carbocycles. The highest BCUT2D eigenvalue weighted by Crippen LogP contribution is 2.16. The highest BCUT2D eigenvalue weighted by Gasteiger charge is 2.14. The summed E-state index contributed by atoms with van der Waals surface area (Å²) >= 11 is 0. The number of nitrogens with zero attached hydrogens (tertiary/aromatic N) is 2. The molecular formula is C19H20N2O2. The van der Waals surface area contributed by atoms with E-state index < -0.39 is 0 Å². The maximum Gasteiger partial charge on any atom is 0.260 e. The molecule has 0 aromatic heterocycles. The van der Waals surface area contributed by atoms with Gasteiger partial charge in [-0.15, -0.1) is 0 Å². The van der Waals surface area contributed by atoms with E-state index in [4.69, 9.17) is 10.00 Å². The molecule has 4 nitrogen and oxygen atoms in total. The van der Waals surface area contributed by atoms with Crippen LogP contribution in [-0.2, 0) is 11.3 Å². The number of hydrogen-bond donors (Lipinski definition) is 0. The highest BCUT2D eigenvalue weighted by atomic mass is 16.5. The van der Waals surface area contributed by atoms with Crippen molar-refractivity contribution < 1.29 is 9.53 Å². The number of para-hydroxylation sites is 1. The van der Waals surface area contributed by atoms with E-state index in [1.54, 1.807) is 29.2 Å². The minimum absolute atomic E-state index is 0.0640. The van der Waals surface area contributed by atoms with Gasteiger partial charge in [0.1, 0.15) is 11.8 Å². The first-order chi connectivity index (χ1) is 11.2. The number of benzene rings is 2. The van der Waals surface area contributed by atoms with Crippen LogP contribution in [0.4, 0.5) is 0 Å². The molecular weight excluding hydrogens is 288 g/mol. The van der Waals surface area contributed by atoms with Gasteiger partial charge in [0, 0.05) is 13.1 Å². The molecule has 0 N–H and O–H groups in total. The molecule has 0 fully saturated rings. The van der Waals surface area contributed by atoms with Gasteiger partial charge in [0.15, 0.2) is 6.61 Å². The minimum atomic E-state index is -0.0801. The van der Waals surface area contributed by atoms with E-state index in [1.165, 1.54) is 0 Å². The average Bonchev–Trinajstić information content (AvgIpc) is 2.60. The molecule has 0 unspecified atom stereocenters. The van der Waals surface area contributed by atoms with E-state index in [2.05, 4.69) is 6.07 Å². The van der Waals surface area contributed by atoms with E-state index in [-0.39, 0.29) is 12.5 Å². The van der Waals surface area contributed by atoms with Crippen molar-refractivity contribution in [2.24, 2.45) is 0 Å². The molecule has 2 rings (SSSR count). The van der Waals surface area contributed by atoms with E-state index in [9.17, 15) is 4.79 Å². The predicted molar refractivity (Wildman–Crippen MR) is 88.8 cm³/mol. The summed E-state index contributed by atoms with van der Waals surface area (Å²) < 4.78 is 5.54. The van der Waals surface area contributed by atoms with Gasteiger partial charge in [-0.2, -0.15) is 5.26 Å². The summed E-state index contributed by atoms with van der Waals surface area (Å²) in [4.78, 5) is 14.2. The van der Waals surface area contributed by atoms with Crippen LogP contribution in [0.3, 0.4) is 0 Å². The molecule has 0 aliphatic heterocycles. The van der Waals surface area contributed by atoms with Gasteiger partial charge in [-0.25, -0.2) is 0 Å². The Balaban J connectivity index is 1.99. The Bertz CT molecular complexity index is 677. The second-order valence-electron chi connectivity index (χ2n) is 5.20. The third-order valence-electron chi connectivity index (χ3n) is 3.42. The Labute approximate surface area is 136 Å². The number of carbonyl (C=O) groups is 1. The molecule has 0 spiro atoms. The summed E-state index contributed by atoms with van der Waals surface area (Å²) in [6.07, 6.45) is 0.882. The SMILES string of the molecule is CCCN(Cc1ccccc1)C(=O)COc1ccccc1C#N. The maximum absolute atomic E-state index is 12.4. The van der Waals surface area contributed by atoms with Crippen LogP contribution < -0.4 is 4.74 Å². The van der Waals surface area contributed by atoms with E-state index in [1.807, 2.05) is 37.3 Å². The lowest BCUT2D eigenvalue weighted by Gasteiger charge is -2.22. The van der Waals surface area contributed by atoms with Crippen LogP contribution in [0, 0.1) is 11.3 Å². The first-order valence-corrected chi connectivity index (χ1v) is 7.68. The molecule has 1 amide bonds. The number of ether oxygens (including phenoxy) is 1. The van der Waals surface area contributed by atoms with Crippen molar-refractivity contribution in [2.75, 3.05) is 13.2 Å². The van der Waals surface area contributed by atoms with Gasteiger partial charge in [0.25, 0.3) is 5.91 Å². The third kappa shape index (κ3) is 4.86. The minimum Gasteiger partial charge on any atom is -0.482 e. The molecule has 0 saturated heterocycles. The lowest BCUT2D eigenvalue weighted by molar-refractivity contribution is -0.134. The number of nitriles is 1. The van der Waals surface area contributed by atoms with Crippen LogP contribution in [0.1, 0.15) is 24.5 Å². The van der Waals surface area contributed by atoms with Gasteiger partial charge >= 0.3 is 0 Å². The fourth-order valence-corrected chi connectivity index (χ4v) is 2.28. The smallest absolute Gasteiger partial charge is 0.260 e. The molecule has 0 radical (unpaired) electrons. The van der Waals surface area contributed by atoms with Gasteiger partial charge < -0.3 is 9.64 Å². The number of rotatable bonds is 7. The zero-order valence-electron chi connectivity index (χ0n) is 13.2. The Hall–Kier alpha value is -2.80. The van der Waals surface area contributed by atoms with Crippen LogP contribution in [0.2, 0.25) is 0 Å². The number of amides is 1. The van der Waals surface area contributed by atoms with Crippen molar-refractivity contribution in [3.8, 4) is 11.8 Å². The van der Waals surface area contributed by atoms with Gasteiger partial charge in [0.05, 0.1) is 5.56 Å². The zero-order valence-corrected chi connectivity index (χ0v) is 13.2. The van der Waals surface area contributed by atoms with Crippen molar-refractivity contribution in [1.29, 1.82) is 5.26 Å². The Morgan fingerprint density at radius 2 is 1.83 bits per heavy atom. The molecule has 2 aromatic rings. The zero-order chi connectivity index (χ0) is 16.5. The number of hydrogen-bond acceptors (Lipinski definition) is 3. The molecule has 4 heteroatoms. The molecule has 0 aliphatic carbocycles. The Morgan fingerprint density at radius 3 is 2.52 bits per heavy atom. The normalized spacial score (nSPS) is 9.91. The summed E-state index contributed by atoms with van der Waals surface area (Å²) in [5, 5.41) is 9.05. The molecule has 0 saturated carbocycles. The van der Waals surface area contributed by atoms with Crippen LogP contribution in [0.5, 0.6) is 5.75 Å². The van der Waals surface area contributed by atoms with Gasteiger partial charge in [-0.05, 0) is 24.1 Å². The third-order valence-corrected chi connectivity index (χ3v) is 3.42. The molecule has 0 atom stereocenters. The van der Waals surface area contributed by atoms with E-state index in [0.717, 1.165) is 12.0 Å². The highest BCUT2D eigenvalue weighted by molar-refractivity contribution is 5.77. The summed E-state index contributed by atoms with van der Waals surface area (Å²) in [5.41, 5.74) is 1.53. The number of carbonyl (C=O) groups excluding carboxylic acids is 1. The summed E-state index contributed by atoms with van der Waals surface area (Å²) in [5.74, 6) is 0.364. The van der Waals surface area contributed by atoms with Crippen LogP contribution in [0.15, 0.2) is 54.6 Å². The Morgan fingerprint density at radius 1 is 1.13 bits per heavy atom. The first-order valence-electron chi connectivity index (χ1n) is 7.68. The largest absolute Gasteiger partial charge is 0.482 e. The second-order valence-corrected chi connectivity index (χ2v) is 5.20. The molecule has 0 heterocycles. The molecule has 23 heavy (non-hydrogen) atoms. The van der Waals surface area contributed by atoms with Gasteiger partial charge in [-0.1, -0.05) is 49.4 Å². The van der Waals surface area contributed by atoms with Crippen LogP contribution in [0.25, 0.3) is 0 Å². The average molecular weight is 308 g/mol. The van der Waals surface area contributed by atoms with Crippen LogP contribution in [-0.4, -0.2) is 24.0 Å². The van der Waals surface area contributed by atoms with Crippen LogP contribution >= 0.6 is 0 Å². The van der Waals surface area contributed by atoms with Crippen molar-refractivity contribution in [3.63, 3.8) is 0 Å². The van der Waals surface area contributed by atoms with Crippen molar-refractivity contribution >= 4 is 5.91 Å². The predicted octanol–water partition coefficient (Wildman–Crippen LogP) is 3.38. The lowest BCUT2D eigenvalue weighted by Crippen LogP contribution is -2.35. The molecule has 0 aliphatic rings. The fraction of sp³-hybridized carbons (Fsp3) is 0.263. The fourth-order valence-electron chi connectivity index (χ4n) is 2.28. The molecule has 118 valence electrons. The van der Waals surface area contributed by atoms with E-state index >= 15 is 0 Å². The van der Waals surface area contributed by atoms with Crippen molar-refractivity contribution in [2.45, 2.75) is 19.9 Å². The summed E-state index contributed by atoms with van der Waals surface area (Å²) in [7, 11) is 0. The monoisotopic (exact) mass is 308 g/mol. The standard InChI is InChI=1S/C19H20N2O2/c1-2-12-21(14-16-8-4-3-5-9-16)19(22)15-23-18-11-7-6-10-17(18)13-20/h3-11H,2,12,14-15H2,1H3. The van der Waals surface area contributed by atoms with Gasteiger partial charge in [0.2, 0.25) is 0 Å². The first kappa shape index (κ1) is 16.6. The van der Waals surface area contributed by atoms with Crippen molar-refractivity contribution in [1.82, 2.24) is 4.90 Å². The lowest BCUT2D eigenvalue weighted by atomic mass is 10.2. The maximum atomic E-state index is 12.4. The summed E-state index contributed by atoms with van der Waals surface area (Å²) in [6.45, 7) is 3.22. The quantitative estimate of drug-likeness (QED) is 0.788. The second kappa shape index (κ2) is 8.60.